The lowest BCUT2D eigenvalue weighted by atomic mass is 10.1. The Hall–Kier alpha value is -1.17. The fraction of sp³-hybridized carbons (Fsp3) is 0.133. The van der Waals surface area contributed by atoms with Crippen molar-refractivity contribution in [1.82, 2.24) is 0 Å². The van der Waals surface area contributed by atoms with Gasteiger partial charge in [-0.25, -0.2) is 0 Å². The molecule has 0 bridgehead atoms. The van der Waals surface area contributed by atoms with Gasteiger partial charge in [-0.3, -0.25) is 4.79 Å². The first-order valence-corrected chi connectivity index (χ1v) is 7.53. The maximum absolute atomic E-state index is 12.2. The van der Waals surface area contributed by atoms with Crippen molar-refractivity contribution in [2.45, 2.75) is 6.61 Å². The van der Waals surface area contributed by atoms with Crippen LogP contribution in [0.5, 0.6) is 0 Å². The first-order valence-electron chi connectivity index (χ1n) is 5.95. The van der Waals surface area contributed by atoms with Gasteiger partial charge in [0.05, 0.1) is 6.61 Å². The highest BCUT2D eigenvalue weighted by Gasteiger charge is 2.11. The second-order valence-electron chi connectivity index (χ2n) is 4.16. The summed E-state index contributed by atoms with van der Waals surface area (Å²) in [6.45, 7) is 0.428. The molecule has 0 radical (unpaired) electrons. The number of ether oxygens (including phenoxy) is 1. The van der Waals surface area contributed by atoms with Crippen LogP contribution < -0.4 is 5.32 Å². The Morgan fingerprint density at radius 2 is 1.85 bits per heavy atom. The van der Waals surface area contributed by atoms with E-state index in [4.69, 9.17) is 4.74 Å². The number of carbonyl (C=O) groups excluding carboxylic acids is 1. The Bertz CT molecular complexity index is 612. The summed E-state index contributed by atoms with van der Waals surface area (Å²) >= 11 is 6.81. The molecular formula is C15H13Br2NO2. The Morgan fingerprint density at radius 1 is 1.15 bits per heavy atom. The zero-order valence-corrected chi connectivity index (χ0v) is 14.0. The Kier molecular flexibility index (Phi) is 5.34. The third kappa shape index (κ3) is 3.69. The van der Waals surface area contributed by atoms with E-state index in [1.165, 1.54) is 0 Å². The van der Waals surface area contributed by atoms with Gasteiger partial charge in [-0.2, -0.15) is 0 Å². The second-order valence-corrected chi connectivity index (χ2v) is 5.93. The third-order valence-electron chi connectivity index (χ3n) is 2.76. The summed E-state index contributed by atoms with van der Waals surface area (Å²) in [6.07, 6.45) is 0. The van der Waals surface area contributed by atoms with E-state index in [0.717, 1.165) is 20.2 Å². The van der Waals surface area contributed by atoms with E-state index in [1.54, 1.807) is 19.2 Å². The van der Waals surface area contributed by atoms with Gasteiger partial charge in [0.15, 0.2) is 0 Å². The van der Waals surface area contributed by atoms with Crippen LogP contribution >= 0.6 is 31.9 Å². The minimum atomic E-state index is -0.145. The number of nitrogens with one attached hydrogen (secondary N) is 1. The molecule has 104 valence electrons. The second kappa shape index (κ2) is 7.02. The highest BCUT2D eigenvalue weighted by Crippen LogP contribution is 2.26. The number of hydrogen-bond acceptors (Lipinski definition) is 2. The molecule has 0 spiro atoms. The average Bonchev–Trinajstić information content (AvgIpc) is 2.43. The monoisotopic (exact) mass is 397 g/mol. The third-order valence-corrected chi connectivity index (χ3v) is 4.03. The molecule has 2 rings (SSSR count). The molecule has 2 aromatic carbocycles. The van der Waals surface area contributed by atoms with Crippen LogP contribution in [0, 0.1) is 0 Å². The van der Waals surface area contributed by atoms with Crippen molar-refractivity contribution in [3.05, 3.63) is 62.5 Å². The molecule has 1 N–H and O–H groups in total. The number of amides is 1. The van der Waals surface area contributed by atoms with E-state index < -0.39 is 0 Å². The van der Waals surface area contributed by atoms with Gasteiger partial charge in [-0.05, 0) is 36.4 Å². The lowest BCUT2D eigenvalue weighted by Crippen LogP contribution is -2.13. The van der Waals surface area contributed by atoms with Gasteiger partial charge in [0.1, 0.15) is 0 Å². The molecule has 0 aliphatic rings. The summed E-state index contributed by atoms with van der Waals surface area (Å²) in [7, 11) is 1.62. The Balaban J connectivity index is 2.23. The van der Waals surface area contributed by atoms with E-state index >= 15 is 0 Å². The minimum Gasteiger partial charge on any atom is -0.380 e. The number of anilines is 1. The number of hydrogen-bond donors (Lipinski definition) is 1. The van der Waals surface area contributed by atoms with Crippen molar-refractivity contribution in [2.24, 2.45) is 0 Å². The van der Waals surface area contributed by atoms with E-state index in [9.17, 15) is 4.79 Å². The number of rotatable bonds is 4. The van der Waals surface area contributed by atoms with Crippen molar-refractivity contribution >= 4 is 43.5 Å². The topological polar surface area (TPSA) is 38.3 Å². The quantitative estimate of drug-likeness (QED) is 0.816. The van der Waals surface area contributed by atoms with Gasteiger partial charge >= 0.3 is 0 Å². The molecule has 0 atom stereocenters. The minimum absolute atomic E-state index is 0.145. The number of methoxy groups -OCH3 is 1. The SMILES string of the molecule is COCc1c(Br)cccc1NC(=O)c1ccc(Br)cc1. The fourth-order valence-electron chi connectivity index (χ4n) is 1.76. The fourth-order valence-corrected chi connectivity index (χ4v) is 2.51. The van der Waals surface area contributed by atoms with Gasteiger partial charge in [-0.15, -0.1) is 0 Å². The van der Waals surface area contributed by atoms with E-state index in [-0.39, 0.29) is 5.91 Å². The molecule has 0 fully saturated rings. The van der Waals surface area contributed by atoms with Crippen molar-refractivity contribution < 1.29 is 9.53 Å². The zero-order valence-electron chi connectivity index (χ0n) is 10.8. The molecule has 1 amide bonds. The average molecular weight is 399 g/mol. The van der Waals surface area contributed by atoms with Crippen molar-refractivity contribution in [3.63, 3.8) is 0 Å². The van der Waals surface area contributed by atoms with Gasteiger partial charge in [0.2, 0.25) is 0 Å². The van der Waals surface area contributed by atoms with Gasteiger partial charge < -0.3 is 10.1 Å². The number of halogens is 2. The molecular weight excluding hydrogens is 386 g/mol. The van der Waals surface area contributed by atoms with Gasteiger partial charge in [0.25, 0.3) is 5.91 Å². The van der Waals surface area contributed by atoms with Crippen molar-refractivity contribution in [2.75, 3.05) is 12.4 Å². The normalized spacial score (nSPS) is 10.3. The van der Waals surface area contributed by atoms with Gasteiger partial charge in [-0.1, -0.05) is 37.9 Å². The van der Waals surface area contributed by atoms with E-state index in [2.05, 4.69) is 37.2 Å². The van der Waals surface area contributed by atoms with Crippen LogP contribution in [0.25, 0.3) is 0 Å². The van der Waals surface area contributed by atoms with Gasteiger partial charge in [0, 0.05) is 32.9 Å². The molecule has 0 saturated heterocycles. The maximum Gasteiger partial charge on any atom is 0.255 e. The highest BCUT2D eigenvalue weighted by molar-refractivity contribution is 9.10. The predicted octanol–water partition coefficient (Wildman–Crippen LogP) is 4.61. The molecule has 2 aromatic rings. The lowest BCUT2D eigenvalue weighted by molar-refractivity contribution is 0.102. The maximum atomic E-state index is 12.2. The molecule has 0 aliphatic carbocycles. The molecule has 20 heavy (non-hydrogen) atoms. The van der Waals surface area contributed by atoms with Crippen LogP contribution in [-0.4, -0.2) is 13.0 Å². The zero-order chi connectivity index (χ0) is 14.5. The molecule has 0 heterocycles. The molecule has 3 nitrogen and oxygen atoms in total. The molecule has 0 aromatic heterocycles. The van der Waals surface area contributed by atoms with Crippen molar-refractivity contribution in [3.8, 4) is 0 Å². The number of carbonyl (C=O) groups is 1. The highest BCUT2D eigenvalue weighted by atomic mass is 79.9. The van der Waals surface area contributed by atoms with Crippen LogP contribution in [0.15, 0.2) is 51.4 Å². The summed E-state index contributed by atoms with van der Waals surface area (Å²) < 4.78 is 7.02. The van der Waals surface area contributed by atoms with Crippen LogP contribution in [0.2, 0.25) is 0 Å². The summed E-state index contributed by atoms with van der Waals surface area (Å²) in [5, 5.41) is 2.91. The van der Waals surface area contributed by atoms with Crippen LogP contribution in [0.1, 0.15) is 15.9 Å². The number of benzene rings is 2. The predicted molar refractivity (Wildman–Crippen MR) is 87.0 cm³/mol. The Labute approximate surface area is 134 Å². The van der Waals surface area contributed by atoms with Crippen LogP contribution in [0.3, 0.4) is 0 Å². The first kappa shape index (κ1) is 15.2. The lowest BCUT2D eigenvalue weighted by Gasteiger charge is -2.12. The molecule has 5 heteroatoms. The van der Waals surface area contributed by atoms with Crippen LogP contribution in [0.4, 0.5) is 5.69 Å². The van der Waals surface area contributed by atoms with E-state index in [1.807, 2.05) is 30.3 Å². The molecule has 0 saturated carbocycles. The summed E-state index contributed by atoms with van der Waals surface area (Å²) in [5.74, 6) is -0.145. The Morgan fingerprint density at radius 3 is 2.50 bits per heavy atom. The molecule has 0 aliphatic heterocycles. The first-order chi connectivity index (χ1) is 9.61. The summed E-state index contributed by atoms with van der Waals surface area (Å²) in [6, 6.07) is 12.9. The van der Waals surface area contributed by atoms with Crippen LogP contribution in [-0.2, 0) is 11.3 Å². The summed E-state index contributed by atoms with van der Waals surface area (Å²) in [4.78, 5) is 12.2. The largest absolute Gasteiger partial charge is 0.380 e. The van der Waals surface area contributed by atoms with E-state index in [0.29, 0.717) is 12.2 Å². The summed E-state index contributed by atoms with van der Waals surface area (Å²) in [5.41, 5.74) is 2.27. The molecule has 0 unspecified atom stereocenters. The standard InChI is InChI=1S/C15H13Br2NO2/c1-20-9-12-13(17)3-2-4-14(12)18-15(19)10-5-7-11(16)8-6-10/h2-8H,9H2,1H3,(H,18,19). The van der Waals surface area contributed by atoms with Crippen molar-refractivity contribution in [1.29, 1.82) is 0 Å². The smallest absolute Gasteiger partial charge is 0.255 e.